The molecule has 25 heavy (non-hydrogen) atoms. The Morgan fingerprint density at radius 1 is 1.16 bits per heavy atom. The summed E-state index contributed by atoms with van der Waals surface area (Å²) in [5.74, 6) is -1.16. The van der Waals surface area contributed by atoms with Crippen LogP contribution in [0.1, 0.15) is 21.5 Å². The monoisotopic (exact) mass is 343 g/mol. The third kappa shape index (κ3) is 6.10. The molecule has 0 bridgehead atoms. The van der Waals surface area contributed by atoms with E-state index >= 15 is 0 Å². The predicted octanol–water partition coefficient (Wildman–Crippen LogP) is 3.55. The van der Waals surface area contributed by atoms with Crippen molar-refractivity contribution in [1.29, 1.82) is 0 Å². The zero-order valence-corrected chi connectivity index (χ0v) is 13.7. The zero-order chi connectivity index (χ0) is 18.1. The number of carbonyl (C=O) groups excluding carboxylic acids is 2. The Morgan fingerprint density at radius 3 is 2.64 bits per heavy atom. The van der Waals surface area contributed by atoms with E-state index in [9.17, 15) is 14.0 Å². The molecule has 1 amide bonds. The Hall–Kier alpha value is -3.15. The van der Waals surface area contributed by atoms with Crippen LogP contribution in [0.4, 0.5) is 9.18 Å². The molecule has 0 heterocycles. The standard InChI is InChI=1S/C19H18FNO4/c1-24-18(22)16-10-15(11-17(20)12-16)8-5-9-21-19(23)25-13-14-6-3-2-4-7-14/h2-8,10-12H,9,13H2,1H3,(H,21,23). The second kappa shape index (κ2) is 9.22. The van der Waals surface area contributed by atoms with Gasteiger partial charge in [0.15, 0.2) is 0 Å². The molecular formula is C19H18FNO4. The van der Waals surface area contributed by atoms with Crippen LogP contribution in [0.15, 0.2) is 54.6 Å². The van der Waals surface area contributed by atoms with Gasteiger partial charge in [-0.2, -0.15) is 0 Å². The number of nitrogens with one attached hydrogen (secondary N) is 1. The molecule has 0 saturated heterocycles. The van der Waals surface area contributed by atoms with Gasteiger partial charge in [-0.25, -0.2) is 14.0 Å². The van der Waals surface area contributed by atoms with Gasteiger partial charge in [-0.1, -0.05) is 42.5 Å². The summed E-state index contributed by atoms with van der Waals surface area (Å²) in [4.78, 5) is 23.0. The Morgan fingerprint density at radius 2 is 1.92 bits per heavy atom. The summed E-state index contributed by atoms with van der Waals surface area (Å²) in [7, 11) is 1.23. The Labute approximate surface area is 145 Å². The lowest BCUT2D eigenvalue weighted by Gasteiger charge is -2.05. The van der Waals surface area contributed by atoms with Crippen LogP contribution in [0.3, 0.4) is 0 Å². The summed E-state index contributed by atoms with van der Waals surface area (Å²) in [6.45, 7) is 0.389. The highest BCUT2D eigenvalue weighted by molar-refractivity contribution is 5.90. The summed E-state index contributed by atoms with van der Waals surface area (Å²) in [5.41, 5.74) is 1.50. The molecule has 6 heteroatoms. The van der Waals surface area contributed by atoms with Crippen molar-refractivity contribution in [3.05, 3.63) is 77.1 Å². The maximum atomic E-state index is 13.5. The van der Waals surface area contributed by atoms with Crippen LogP contribution in [0.2, 0.25) is 0 Å². The molecule has 1 N–H and O–H groups in total. The van der Waals surface area contributed by atoms with Crippen LogP contribution in [-0.2, 0) is 16.1 Å². The molecular weight excluding hydrogens is 325 g/mol. The molecule has 0 spiro atoms. The lowest BCUT2D eigenvalue weighted by Crippen LogP contribution is -2.24. The number of hydrogen-bond acceptors (Lipinski definition) is 4. The van der Waals surface area contributed by atoms with Crippen molar-refractivity contribution in [2.75, 3.05) is 13.7 Å². The Bertz CT molecular complexity index is 759. The van der Waals surface area contributed by atoms with Gasteiger partial charge < -0.3 is 14.8 Å². The first-order valence-electron chi connectivity index (χ1n) is 7.58. The number of amides is 1. The molecule has 130 valence electrons. The highest BCUT2D eigenvalue weighted by atomic mass is 19.1. The summed E-state index contributed by atoms with van der Waals surface area (Å²) < 4.78 is 23.1. The maximum Gasteiger partial charge on any atom is 0.407 e. The van der Waals surface area contributed by atoms with Crippen LogP contribution in [0.25, 0.3) is 6.08 Å². The first kappa shape index (κ1) is 18.2. The van der Waals surface area contributed by atoms with Crippen LogP contribution in [0, 0.1) is 5.82 Å². The summed E-state index contributed by atoms with van der Waals surface area (Å²) in [6, 6.07) is 13.2. The topological polar surface area (TPSA) is 64.6 Å². The molecule has 0 radical (unpaired) electrons. The van der Waals surface area contributed by atoms with Crippen molar-refractivity contribution in [3.63, 3.8) is 0 Å². The molecule has 2 aromatic carbocycles. The lowest BCUT2D eigenvalue weighted by atomic mass is 10.1. The van der Waals surface area contributed by atoms with Crippen molar-refractivity contribution in [3.8, 4) is 0 Å². The number of alkyl carbamates (subject to hydrolysis) is 1. The summed E-state index contributed by atoms with van der Waals surface area (Å²) in [6.07, 6.45) is 2.66. The lowest BCUT2D eigenvalue weighted by molar-refractivity contribution is 0.0600. The van der Waals surface area contributed by atoms with Gasteiger partial charge in [0.25, 0.3) is 0 Å². The quantitative estimate of drug-likeness (QED) is 0.815. The fourth-order valence-corrected chi connectivity index (χ4v) is 2.06. The predicted molar refractivity (Wildman–Crippen MR) is 91.4 cm³/mol. The van der Waals surface area contributed by atoms with Gasteiger partial charge in [-0.3, -0.25) is 0 Å². The fraction of sp³-hybridized carbons (Fsp3) is 0.158. The van der Waals surface area contributed by atoms with E-state index in [0.717, 1.165) is 11.6 Å². The highest BCUT2D eigenvalue weighted by Crippen LogP contribution is 2.12. The number of methoxy groups -OCH3 is 1. The first-order valence-corrected chi connectivity index (χ1v) is 7.58. The second-order valence-corrected chi connectivity index (χ2v) is 5.11. The number of benzene rings is 2. The van der Waals surface area contributed by atoms with Gasteiger partial charge in [-0.15, -0.1) is 0 Å². The number of carbonyl (C=O) groups is 2. The van der Waals surface area contributed by atoms with Gasteiger partial charge in [-0.05, 0) is 29.3 Å². The Kier molecular flexibility index (Phi) is 6.71. The maximum absolute atomic E-state index is 13.5. The third-order valence-corrected chi connectivity index (χ3v) is 3.23. The number of rotatable bonds is 6. The molecule has 0 atom stereocenters. The molecule has 0 aliphatic rings. The van der Waals surface area contributed by atoms with Gasteiger partial charge >= 0.3 is 12.1 Å². The minimum absolute atomic E-state index is 0.123. The molecule has 5 nitrogen and oxygen atoms in total. The van der Waals surface area contributed by atoms with E-state index < -0.39 is 17.9 Å². The second-order valence-electron chi connectivity index (χ2n) is 5.11. The van der Waals surface area contributed by atoms with Crippen LogP contribution in [0.5, 0.6) is 0 Å². The van der Waals surface area contributed by atoms with E-state index in [0.29, 0.717) is 5.56 Å². The molecule has 0 aromatic heterocycles. The molecule has 2 aromatic rings. The molecule has 0 saturated carbocycles. The minimum Gasteiger partial charge on any atom is -0.465 e. The molecule has 0 fully saturated rings. The summed E-state index contributed by atoms with van der Waals surface area (Å²) in [5, 5.41) is 2.55. The minimum atomic E-state index is -0.614. The first-order chi connectivity index (χ1) is 12.1. The zero-order valence-electron chi connectivity index (χ0n) is 13.7. The number of halogens is 1. The van der Waals surface area contributed by atoms with Crippen molar-refractivity contribution >= 4 is 18.1 Å². The number of esters is 1. The van der Waals surface area contributed by atoms with E-state index in [2.05, 4.69) is 10.1 Å². The van der Waals surface area contributed by atoms with E-state index in [1.165, 1.54) is 19.2 Å². The van der Waals surface area contributed by atoms with Crippen LogP contribution < -0.4 is 5.32 Å². The largest absolute Gasteiger partial charge is 0.465 e. The molecule has 0 aliphatic heterocycles. The van der Waals surface area contributed by atoms with Gasteiger partial charge in [0.2, 0.25) is 0 Å². The van der Waals surface area contributed by atoms with Crippen LogP contribution in [-0.4, -0.2) is 25.7 Å². The third-order valence-electron chi connectivity index (χ3n) is 3.23. The van der Waals surface area contributed by atoms with E-state index in [4.69, 9.17) is 4.74 Å². The van der Waals surface area contributed by atoms with Crippen LogP contribution >= 0.6 is 0 Å². The normalized spacial score (nSPS) is 10.5. The van der Waals surface area contributed by atoms with Gasteiger partial charge in [0.05, 0.1) is 12.7 Å². The van der Waals surface area contributed by atoms with Gasteiger partial charge in [0.1, 0.15) is 12.4 Å². The fourth-order valence-electron chi connectivity index (χ4n) is 2.06. The molecule has 0 aliphatic carbocycles. The van der Waals surface area contributed by atoms with Crippen molar-refractivity contribution in [2.45, 2.75) is 6.61 Å². The average molecular weight is 343 g/mol. The van der Waals surface area contributed by atoms with Crippen molar-refractivity contribution in [1.82, 2.24) is 5.32 Å². The van der Waals surface area contributed by atoms with Crippen molar-refractivity contribution in [2.24, 2.45) is 0 Å². The van der Waals surface area contributed by atoms with E-state index in [-0.39, 0.29) is 18.7 Å². The van der Waals surface area contributed by atoms with E-state index in [1.807, 2.05) is 30.3 Å². The highest BCUT2D eigenvalue weighted by Gasteiger charge is 2.07. The Balaban J connectivity index is 1.81. The summed E-state index contributed by atoms with van der Waals surface area (Å²) >= 11 is 0. The smallest absolute Gasteiger partial charge is 0.407 e. The number of hydrogen-bond donors (Lipinski definition) is 1. The van der Waals surface area contributed by atoms with Gasteiger partial charge in [0, 0.05) is 6.54 Å². The number of ether oxygens (including phenoxy) is 2. The average Bonchev–Trinajstić information content (AvgIpc) is 2.63. The molecule has 2 rings (SSSR count). The molecule has 0 unspecified atom stereocenters. The van der Waals surface area contributed by atoms with E-state index in [1.54, 1.807) is 12.2 Å². The SMILES string of the molecule is COC(=O)c1cc(F)cc(C=CCNC(=O)OCc2ccccc2)c1. The van der Waals surface area contributed by atoms with Crippen molar-refractivity contribution < 1.29 is 23.5 Å².